The molecule has 1 heterocycles. The maximum absolute atomic E-state index is 13.5. The van der Waals surface area contributed by atoms with Gasteiger partial charge in [0.1, 0.15) is 6.04 Å². The third-order valence-corrected chi connectivity index (χ3v) is 11.8. The van der Waals surface area contributed by atoms with Crippen LogP contribution in [0.1, 0.15) is 52.7 Å². The molecule has 5 aromatic rings. The Bertz CT molecular complexity index is 1990. The quantitative estimate of drug-likeness (QED) is 0.103. The lowest BCUT2D eigenvalue weighted by Gasteiger charge is -2.41. The summed E-state index contributed by atoms with van der Waals surface area (Å²) < 4.78 is 42.4. The van der Waals surface area contributed by atoms with E-state index in [1.165, 1.54) is 17.0 Å². The monoisotopic (exact) mass is 736 g/mol. The predicted octanol–water partition coefficient (Wildman–Crippen LogP) is 7.28. The van der Waals surface area contributed by atoms with E-state index in [0.717, 1.165) is 39.1 Å². The molecular weight excluding hydrogens is 693 g/mol. The highest BCUT2D eigenvalue weighted by Gasteiger charge is 2.38. The first-order valence-corrected chi connectivity index (χ1v) is 19.8. The molecule has 6 rings (SSSR count). The number of carbonyl (C=O) groups is 1. The summed E-state index contributed by atoms with van der Waals surface area (Å²) in [7, 11) is -3.95. The lowest BCUT2D eigenvalue weighted by atomic mass is 9.91. The summed E-state index contributed by atoms with van der Waals surface area (Å²) in [5.41, 5.74) is 5.33. The molecule has 1 aliphatic rings. The van der Waals surface area contributed by atoms with Gasteiger partial charge in [-0.05, 0) is 59.9 Å². The molecule has 5 aromatic carbocycles. The normalized spacial score (nSPS) is 19.5. The SMILES string of the molecule is Cc1ccc(S(=O)(=O)NC(Cc2ccccc2)C(=O)NCc2ccc(C3OC(CSc4ccccc4)C(C)C(c4ccc(CO)cc4)O3)cc2)cc1. The zero-order valence-corrected chi connectivity index (χ0v) is 30.9. The number of thioether (sulfide) groups is 1. The summed E-state index contributed by atoms with van der Waals surface area (Å²) in [5, 5.41) is 12.5. The van der Waals surface area contributed by atoms with Crippen LogP contribution >= 0.6 is 11.8 Å². The number of aliphatic hydroxyl groups is 1. The van der Waals surface area contributed by atoms with Crippen molar-refractivity contribution in [1.82, 2.24) is 10.0 Å². The maximum Gasteiger partial charge on any atom is 0.241 e. The number of aryl methyl sites for hydroxylation is 1. The largest absolute Gasteiger partial charge is 0.392 e. The van der Waals surface area contributed by atoms with Crippen LogP contribution in [0.2, 0.25) is 0 Å². The predicted molar refractivity (Wildman–Crippen MR) is 204 cm³/mol. The molecule has 0 spiro atoms. The van der Waals surface area contributed by atoms with Gasteiger partial charge < -0.3 is 19.9 Å². The van der Waals surface area contributed by atoms with Crippen molar-refractivity contribution in [3.05, 3.63) is 167 Å². The molecular formula is C42H44N2O6S2. The molecule has 0 saturated carbocycles. The van der Waals surface area contributed by atoms with Gasteiger partial charge in [0.15, 0.2) is 6.29 Å². The summed E-state index contributed by atoms with van der Waals surface area (Å²) in [5.74, 6) is 0.387. The van der Waals surface area contributed by atoms with Crippen LogP contribution in [0.5, 0.6) is 0 Å². The Balaban J connectivity index is 1.15. The number of hydrogen-bond acceptors (Lipinski definition) is 7. The van der Waals surface area contributed by atoms with E-state index in [4.69, 9.17) is 9.47 Å². The Labute approximate surface area is 310 Å². The van der Waals surface area contributed by atoms with Crippen molar-refractivity contribution in [1.29, 1.82) is 0 Å². The number of nitrogens with one attached hydrogen (secondary N) is 2. The summed E-state index contributed by atoms with van der Waals surface area (Å²) in [6.45, 7) is 4.22. The van der Waals surface area contributed by atoms with Gasteiger partial charge in [-0.2, -0.15) is 4.72 Å². The third-order valence-electron chi connectivity index (χ3n) is 9.23. The Morgan fingerprint density at radius 3 is 2.04 bits per heavy atom. The number of hydrogen-bond donors (Lipinski definition) is 3. The molecule has 8 nitrogen and oxygen atoms in total. The second-order valence-electron chi connectivity index (χ2n) is 13.1. The van der Waals surface area contributed by atoms with Gasteiger partial charge in [-0.1, -0.05) is 122 Å². The molecule has 1 aliphatic heterocycles. The van der Waals surface area contributed by atoms with E-state index in [2.05, 4.69) is 29.1 Å². The van der Waals surface area contributed by atoms with Gasteiger partial charge in [0.2, 0.25) is 15.9 Å². The van der Waals surface area contributed by atoms with Crippen molar-refractivity contribution in [3.8, 4) is 0 Å². The van der Waals surface area contributed by atoms with E-state index in [1.54, 1.807) is 23.9 Å². The van der Waals surface area contributed by atoms with E-state index in [9.17, 15) is 18.3 Å². The number of benzene rings is 5. The van der Waals surface area contributed by atoms with Crippen LogP contribution in [0, 0.1) is 12.8 Å². The Morgan fingerprint density at radius 1 is 0.769 bits per heavy atom. The number of aliphatic hydroxyl groups excluding tert-OH is 1. The van der Waals surface area contributed by atoms with Crippen LogP contribution in [0.15, 0.2) is 143 Å². The van der Waals surface area contributed by atoms with Gasteiger partial charge in [-0.15, -0.1) is 11.8 Å². The molecule has 0 aromatic heterocycles. The number of sulfonamides is 1. The average molecular weight is 737 g/mol. The first kappa shape index (κ1) is 37.5. The summed E-state index contributed by atoms with van der Waals surface area (Å²) in [4.78, 5) is 14.8. The van der Waals surface area contributed by atoms with E-state index < -0.39 is 28.3 Å². The molecule has 1 saturated heterocycles. The van der Waals surface area contributed by atoms with Crippen molar-refractivity contribution in [2.75, 3.05) is 5.75 Å². The fourth-order valence-electron chi connectivity index (χ4n) is 6.12. The van der Waals surface area contributed by atoms with E-state index in [0.29, 0.717) is 0 Å². The summed E-state index contributed by atoms with van der Waals surface area (Å²) in [6, 6.07) is 40.7. The minimum absolute atomic E-state index is 0.0209. The first-order chi connectivity index (χ1) is 25.2. The molecule has 5 unspecified atom stereocenters. The lowest BCUT2D eigenvalue weighted by molar-refractivity contribution is -0.268. The van der Waals surface area contributed by atoms with Crippen LogP contribution in [-0.2, 0) is 43.9 Å². The number of carbonyl (C=O) groups excluding carboxylic acids is 1. The second-order valence-corrected chi connectivity index (χ2v) is 15.9. The Kier molecular flexibility index (Phi) is 12.6. The van der Waals surface area contributed by atoms with Gasteiger partial charge >= 0.3 is 0 Å². The van der Waals surface area contributed by atoms with Crippen LogP contribution in [-0.4, -0.2) is 37.3 Å². The van der Waals surface area contributed by atoms with Crippen molar-refractivity contribution in [3.63, 3.8) is 0 Å². The third kappa shape index (κ3) is 9.77. The number of amides is 1. The minimum Gasteiger partial charge on any atom is -0.392 e. The zero-order chi connectivity index (χ0) is 36.5. The van der Waals surface area contributed by atoms with Gasteiger partial charge in [0.25, 0.3) is 0 Å². The minimum atomic E-state index is -3.95. The van der Waals surface area contributed by atoms with E-state index in [1.807, 2.05) is 104 Å². The van der Waals surface area contributed by atoms with Gasteiger partial charge in [-0.3, -0.25) is 4.79 Å². The van der Waals surface area contributed by atoms with Gasteiger partial charge in [-0.25, -0.2) is 8.42 Å². The first-order valence-electron chi connectivity index (χ1n) is 17.4. The molecule has 270 valence electrons. The van der Waals surface area contributed by atoms with Crippen LogP contribution in [0.4, 0.5) is 0 Å². The highest BCUT2D eigenvalue weighted by atomic mass is 32.2. The molecule has 10 heteroatoms. The van der Waals surface area contributed by atoms with Crippen LogP contribution in [0.3, 0.4) is 0 Å². The molecule has 5 atom stereocenters. The zero-order valence-electron chi connectivity index (χ0n) is 29.2. The fraction of sp³-hybridized carbons (Fsp3) is 0.262. The summed E-state index contributed by atoms with van der Waals surface area (Å²) in [6.07, 6.45) is -0.748. The molecule has 3 N–H and O–H groups in total. The van der Waals surface area contributed by atoms with Gasteiger partial charge in [0, 0.05) is 28.7 Å². The van der Waals surface area contributed by atoms with Crippen LogP contribution in [0.25, 0.3) is 0 Å². The standard InChI is InChI=1S/C42H44N2O6S2/c1-29-13-23-37(24-14-29)52(47,48)44-38(25-31-9-5-3-6-10-31)41(46)43-26-32-15-21-35(22-16-32)42-49-39(28-51-36-11-7-4-8-12-36)30(2)40(50-42)34-19-17-33(27-45)18-20-34/h3-24,30,38-40,42,44-45H,25-28H2,1-2H3,(H,43,46). The second kappa shape index (κ2) is 17.5. The van der Waals surface area contributed by atoms with Crippen molar-refractivity contribution in [2.24, 2.45) is 5.92 Å². The lowest BCUT2D eigenvalue weighted by Crippen LogP contribution is -2.47. The molecule has 0 radical (unpaired) electrons. The number of ether oxygens (including phenoxy) is 2. The van der Waals surface area contributed by atoms with Crippen LogP contribution < -0.4 is 10.0 Å². The van der Waals surface area contributed by atoms with E-state index >= 15 is 0 Å². The van der Waals surface area contributed by atoms with Crippen molar-refractivity contribution >= 4 is 27.7 Å². The fourth-order valence-corrected chi connectivity index (χ4v) is 8.40. The van der Waals surface area contributed by atoms with E-state index in [-0.39, 0.29) is 42.6 Å². The summed E-state index contributed by atoms with van der Waals surface area (Å²) >= 11 is 1.75. The molecule has 0 aliphatic carbocycles. The molecule has 0 bridgehead atoms. The average Bonchev–Trinajstić information content (AvgIpc) is 3.17. The highest BCUT2D eigenvalue weighted by molar-refractivity contribution is 7.99. The van der Waals surface area contributed by atoms with Gasteiger partial charge in [0.05, 0.1) is 23.7 Å². The molecule has 1 amide bonds. The topological polar surface area (TPSA) is 114 Å². The van der Waals surface area contributed by atoms with Crippen molar-refractivity contribution in [2.45, 2.75) is 67.8 Å². The smallest absolute Gasteiger partial charge is 0.241 e. The Morgan fingerprint density at radius 2 is 1.38 bits per heavy atom. The number of rotatable bonds is 14. The Hall–Kier alpha value is -4.29. The van der Waals surface area contributed by atoms with Crippen molar-refractivity contribution < 1.29 is 27.8 Å². The highest BCUT2D eigenvalue weighted by Crippen LogP contribution is 2.43. The molecule has 52 heavy (non-hydrogen) atoms. The maximum atomic E-state index is 13.5. The molecule has 1 fully saturated rings.